The van der Waals surface area contributed by atoms with Crippen LogP contribution in [-0.2, 0) is 12.8 Å². The van der Waals surface area contributed by atoms with Crippen LogP contribution in [0.25, 0.3) is 0 Å². The van der Waals surface area contributed by atoms with Gasteiger partial charge in [-0.15, -0.1) is 0 Å². The fourth-order valence-corrected chi connectivity index (χ4v) is 3.01. The first-order valence-corrected chi connectivity index (χ1v) is 7.01. The lowest BCUT2D eigenvalue weighted by Crippen LogP contribution is -2.16. The van der Waals surface area contributed by atoms with Crippen LogP contribution in [0.1, 0.15) is 21.5 Å². The smallest absolute Gasteiger partial charge is 0.170 e. The Hall–Kier alpha value is -1.80. The lowest BCUT2D eigenvalue weighted by Gasteiger charge is -2.12. The molecule has 0 saturated heterocycles. The molecule has 2 aromatic rings. The van der Waals surface area contributed by atoms with Gasteiger partial charge in [-0.25, -0.2) is 0 Å². The summed E-state index contributed by atoms with van der Waals surface area (Å²) in [6.45, 7) is 0. The van der Waals surface area contributed by atoms with Crippen LogP contribution < -0.4 is 4.74 Å². The van der Waals surface area contributed by atoms with Gasteiger partial charge in [-0.05, 0) is 42.2 Å². The lowest BCUT2D eigenvalue weighted by molar-refractivity contribution is 0.0921. The van der Waals surface area contributed by atoms with E-state index in [9.17, 15) is 4.79 Å². The molecule has 0 N–H and O–H groups in total. The van der Waals surface area contributed by atoms with Crippen molar-refractivity contribution in [3.8, 4) is 5.75 Å². The maximum Gasteiger partial charge on any atom is 0.170 e. The highest BCUT2D eigenvalue weighted by Gasteiger charge is 2.29. The van der Waals surface area contributed by atoms with Crippen molar-refractivity contribution in [2.75, 3.05) is 7.11 Å². The second-order valence-electron chi connectivity index (χ2n) is 5.08. The van der Waals surface area contributed by atoms with Crippen LogP contribution >= 0.6 is 11.6 Å². The van der Waals surface area contributed by atoms with E-state index in [1.165, 1.54) is 11.1 Å². The molecule has 20 heavy (non-hydrogen) atoms. The van der Waals surface area contributed by atoms with Gasteiger partial charge in [-0.3, -0.25) is 4.79 Å². The summed E-state index contributed by atoms with van der Waals surface area (Å²) in [6, 6.07) is 13.4. The Morgan fingerprint density at radius 2 is 1.80 bits per heavy atom. The summed E-state index contributed by atoms with van der Waals surface area (Å²) in [6.07, 6.45) is 1.59. The quantitative estimate of drug-likeness (QED) is 0.799. The topological polar surface area (TPSA) is 26.3 Å². The zero-order chi connectivity index (χ0) is 14.1. The molecule has 0 amide bonds. The van der Waals surface area contributed by atoms with Gasteiger partial charge in [0.1, 0.15) is 5.75 Å². The number of rotatable bonds is 3. The molecule has 0 aromatic heterocycles. The molecular formula is C17H15ClO2. The third kappa shape index (κ3) is 2.32. The van der Waals surface area contributed by atoms with Gasteiger partial charge >= 0.3 is 0 Å². The fraction of sp³-hybridized carbons (Fsp3) is 0.235. The average molecular weight is 287 g/mol. The SMILES string of the molecule is COc1ccc(Cl)cc1C(=O)C1Cc2ccccc2C1. The molecule has 3 rings (SSSR count). The minimum absolute atomic E-state index is 0.0141. The van der Waals surface area contributed by atoms with Crippen LogP contribution in [0, 0.1) is 5.92 Å². The molecule has 2 aromatic carbocycles. The molecule has 0 unspecified atom stereocenters. The second kappa shape index (κ2) is 5.29. The van der Waals surface area contributed by atoms with Crippen LogP contribution in [0.3, 0.4) is 0 Å². The maximum absolute atomic E-state index is 12.7. The van der Waals surface area contributed by atoms with E-state index < -0.39 is 0 Å². The number of carbonyl (C=O) groups is 1. The minimum atomic E-state index is -0.0141. The first-order chi connectivity index (χ1) is 9.69. The number of hydrogen-bond donors (Lipinski definition) is 0. The van der Waals surface area contributed by atoms with Crippen molar-refractivity contribution >= 4 is 17.4 Å². The van der Waals surface area contributed by atoms with Crippen molar-refractivity contribution in [1.29, 1.82) is 0 Å². The van der Waals surface area contributed by atoms with E-state index in [4.69, 9.17) is 16.3 Å². The summed E-state index contributed by atoms with van der Waals surface area (Å²) in [5.74, 6) is 0.690. The predicted molar refractivity (Wildman–Crippen MR) is 79.7 cm³/mol. The van der Waals surface area contributed by atoms with Crippen LogP contribution in [0.4, 0.5) is 0 Å². The molecule has 0 fully saturated rings. The molecule has 0 atom stereocenters. The van der Waals surface area contributed by atoms with Crippen molar-refractivity contribution in [2.45, 2.75) is 12.8 Å². The first kappa shape index (κ1) is 13.2. The zero-order valence-corrected chi connectivity index (χ0v) is 12.0. The number of fused-ring (bicyclic) bond motifs is 1. The zero-order valence-electron chi connectivity index (χ0n) is 11.2. The van der Waals surface area contributed by atoms with E-state index >= 15 is 0 Å². The number of carbonyl (C=O) groups excluding carboxylic acids is 1. The summed E-state index contributed by atoms with van der Waals surface area (Å²) >= 11 is 6.01. The number of halogens is 1. The Labute approximate surface area is 123 Å². The molecule has 1 aliphatic rings. The second-order valence-corrected chi connectivity index (χ2v) is 5.52. The average Bonchev–Trinajstić information content (AvgIpc) is 2.90. The monoisotopic (exact) mass is 286 g/mol. The number of methoxy groups -OCH3 is 1. The van der Waals surface area contributed by atoms with Crippen LogP contribution in [0.15, 0.2) is 42.5 Å². The third-order valence-corrected chi connectivity index (χ3v) is 4.08. The molecule has 0 radical (unpaired) electrons. The maximum atomic E-state index is 12.7. The highest BCUT2D eigenvalue weighted by Crippen LogP contribution is 2.32. The number of benzene rings is 2. The molecule has 3 heteroatoms. The summed E-state index contributed by atoms with van der Waals surface area (Å²) in [5, 5.41) is 0.560. The van der Waals surface area contributed by atoms with Gasteiger partial charge in [-0.1, -0.05) is 35.9 Å². The molecule has 0 bridgehead atoms. The molecule has 2 nitrogen and oxygen atoms in total. The number of hydrogen-bond acceptors (Lipinski definition) is 2. The minimum Gasteiger partial charge on any atom is -0.496 e. The molecule has 0 aliphatic heterocycles. The lowest BCUT2D eigenvalue weighted by atomic mass is 9.94. The van der Waals surface area contributed by atoms with Gasteiger partial charge in [-0.2, -0.15) is 0 Å². The summed E-state index contributed by atoms with van der Waals surface area (Å²) < 4.78 is 5.28. The van der Waals surface area contributed by atoms with E-state index in [2.05, 4.69) is 12.1 Å². The van der Waals surface area contributed by atoms with Gasteiger partial charge < -0.3 is 4.74 Å². The Balaban J connectivity index is 1.90. The Morgan fingerprint density at radius 3 is 2.40 bits per heavy atom. The summed E-state index contributed by atoms with van der Waals surface area (Å²) in [5.41, 5.74) is 3.12. The Morgan fingerprint density at radius 1 is 1.15 bits per heavy atom. The van der Waals surface area contributed by atoms with E-state index in [0.717, 1.165) is 12.8 Å². The van der Waals surface area contributed by atoms with Gasteiger partial charge in [0.05, 0.1) is 12.7 Å². The standard InChI is InChI=1S/C17H15ClO2/c1-20-16-7-6-14(18)10-15(16)17(19)13-8-11-4-2-3-5-12(11)9-13/h2-7,10,13H,8-9H2,1H3. The van der Waals surface area contributed by atoms with E-state index in [1.807, 2.05) is 12.1 Å². The number of Topliss-reactive ketones (excluding diaryl/α,β-unsaturated/α-hetero) is 1. The fourth-order valence-electron chi connectivity index (χ4n) is 2.84. The molecule has 0 saturated carbocycles. The van der Waals surface area contributed by atoms with Gasteiger partial charge in [0, 0.05) is 10.9 Å². The Kier molecular flexibility index (Phi) is 3.49. The van der Waals surface area contributed by atoms with Gasteiger partial charge in [0.2, 0.25) is 0 Å². The van der Waals surface area contributed by atoms with E-state index in [1.54, 1.807) is 25.3 Å². The summed E-state index contributed by atoms with van der Waals surface area (Å²) in [4.78, 5) is 12.7. The molecule has 0 spiro atoms. The number of ether oxygens (including phenoxy) is 1. The molecular weight excluding hydrogens is 272 g/mol. The predicted octanol–water partition coefficient (Wildman–Crippen LogP) is 3.95. The largest absolute Gasteiger partial charge is 0.496 e. The van der Waals surface area contributed by atoms with Gasteiger partial charge in [0.25, 0.3) is 0 Å². The van der Waals surface area contributed by atoms with Crippen molar-refractivity contribution in [1.82, 2.24) is 0 Å². The van der Waals surface area contributed by atoms with E-state index in [-0.39, 0.29) is 11.7 Å². The molecule has 0 heterocycles. The highest BCUT2D eigenvalue weighted by atomic mass is 35.5. The third-order valence-electron chi connectivity index (χ3n) is 3.85. The van der Waals surface area contributed by atoms with Crippen LogP contribution in [0.5, 0.6) is 5.75 Å². The number of ketones is 1. The van der Waals surface area contributed by atoms with Crippen molar-refractivity contribution in [3.63, 3.8) is 0 Å². The van der Waals surface area contributed by atoms with Crippen LogP contribution in [-0.4, -0.2) is 12.9 Å². The normalized spacial score (nSPS) is 14.1. The first-order valence-electron chi connectivity index (χ1n) is 6.63. The van der Waals surface area contributed by atoms with Crippen LogP contribution in [0.2, 0.25) is 5.02 Å². The molecule has 102 valence electrons. The Bertz CT molecular complexity index is 639. The van der Waals surface area contributed by atoms with E-state index in [0.29, 0.717) is 16.3 Å². The van der Waals surface area contributed by atoms with Gasteiger partial charge in [0.15, 0.2) is 5.78 Å². The molecule has 1 aliphatic carbocycles. The highest BCUT2D eigenvalue weighted by molar-refractivity contribution is 6.31. The summed E-state index contributed by atoms with van der Waals surface area (Å²) in [7, 11) is 1.57. The van der Waals surface area contributed by atoms with Crippen molar-refractivity contribution < 1.29 is 9.53 Å². The van der Waals surface area contributed by atoms with Crippen molar-refractivity contribution in [2.24, 2.45) is 5.92 Å². The van der Waals surface area contributed by atoms with Crippen molar-refractivity contribution in [3.05, 3.63) is 64.2 Å².